The second-order valence-electron chi connectivity index (χ2n) is 2.37. The molecular formula is C4H10NO4P. The van der Waals surface area contributed by atoms with Crippen molar-refractivity contribution in [2.75, 3.05) is 13.1 Å². The van der Waals surface area contributed by atoms with Gasteiger partial charge in [-0.1, -0.05) is 0 Å². The first kappa shape index (κ1) is 8.17. The Morgan fingerprint density at radius 2 is 2.10 bits per heavy atom. The summed E-state index contributed by atoms with van der Waals surface area (Å²) in [6.45, 7) is 0.371. The molecule has 0 spiro atoms. The molecule has 0 saturated carbocycles. The van der Waals surface area contributed by atoms with E-state index in [0.29, 0.717) is 6.42 Å². The van der Waals surface area contributed by atoms with Gasteiger partial charge in [-0.15, -0.1) is 0 Å². The van der Waals surface area contributed by atoms with Crippen LogP contribution in [0, 0.1) is 0 Å². The summed E-state index contributed by atoms with van der Waals surface area (Å²) in [5, 5.41) is 8.88. The first-order chi connectivity index (χ1) is 4.50. The highest BCUT2D eigenvalue weighted by Gasteiger charge is 2.32. The van der Waals surface area contributed by atoms with Gasteiger partial charge in [0.25, 0.3) is 0 Å². The predicted octanol–water partition coefficient (Wildman–Crippen LogP) is -0.854. The van der Waals surface area contributed by atoms with E-state index >= 15 is 0 Å². The second-order valence-corrected chi connectivity index (χ2v) is 3.96. The summed E-state index contributed by atoms with van der Waals surface area (Å²) >= 11 is 0. The fourth-order valence-electron chi connectivity index (χ4n) is 0.961. The zero-order valence-electron chi connectivity index (χ0n) is 5.34. The quantitative estimate of drug-likeness (QED) is 0.443. The SMILES string of the molecule is O=P(O)(O)N1CCC(O)C1. The summed E-state index contributed by atoms with van der Waals surface area (Å²) in [6.07, 6.45) is -0.127. The largest absolute Gasteiger partial charge is 0.403 e. The lowest BCUT2D eigenvalue weighted by Gasteiger charge is -2.15. The van der Waals surface area contributed by atoms with Gasteiger partial charge in [0.2, 0.25) is 0 Å². The number of hydrogen-bond acceptors (Lipinski definition) is 2. The smallest absolute Gasteiger partial charge is 0.392 e. The van der Waals surface area contributed by atoms with Crippen LogP contribution in [-0.2, 0) is 4.57 Å². The maximum absolute atomic E-state index is 10.5. The van der Waals surface area contributed by atoms with Gasteiger partial charge in [0.05, 0.1) is 6.10 Å². The molecule has 60 valence electrons. The molecule has 10 heavy (non-hydrogen) atoms. The number of nitrogens with zero attached hydrogens (tertiary/aromatic N) is 1. The van der Waals surface area contributed by atoms with Crippen LogP contribution in [0.25, 0.3) is 0 Å². The summed E-state index contributed by atoms with van der Waals surface area (Å²) in [5.74, 6) is 0. The van der Waals surface area contributed by atoms with E-state index in [4.69, 9.17) is 14.9 Å². The van der Waals surface area contributed by atoms with Crippen LogP contribution in [0.3, 0.4) is 0 Å². The van der Waals surface area contributed by atoms with Crippen LogP contribution < -0.4 is 0 Å². The molecule has 0 aromatic carbocycles. The minimum absolute atomic E-state index is 0.0876. The Bertz CT molecular complexity index is 167. The predicted molar refractivity (Wildman–Crippen MR) is 34.2 cm³/mol. The molecule has 0 bridgehead atoms. The van der Waals surface area contributed by atoms with E-state index in [2.05, 4.69) is 0 Å². The molecule has 0 aliphatic carbocycles. The van der Waals surface area contributed by atoms with Crippen molar-refractivity contribution < 1.29 is 19.5 Å². The molecule has 0 amide bonds. The summed E-state index contributed by atoms with van der Waals surface area (Å²) in [5.41, 5.74) is 0. The van der Waals surface area contributed by atoms with Gasteiger partial charge in [-0.25, -0.2) is 9.24 Å². The Kier molecular flexibility index (Phi) is 2.12. The molecule has 1 atom stereocenters. The lowest BCUT2D eigenvalue weighted by Crippen LogP contribution is -2.18. The van der Waals surface area contributed by atoms with Crippen molar-refractivity contribution in [2.24, 2.45) is 0 Å². The standard InChI is InChI=1S/C4H10NO4P/c6-4-1-2-5(3-4)10(7,8)9/h4,6H,1-3H2,(H2,7,8,9). The van der Waals surface area contributed by atoms with Crippen molar-refractivity contribution in [3.05, 3.63) is 0 Å². The van der Waals surface area contributed by atoms with Gasteiger partial charge in [0.1, 0.15) is 0 Å². The minimum Gasteiger partial charge on any atom is -0.392 e. The normalized spacial score (nSPS) is 29.3. The Morgan fingerprint density at radius 3 is 2.30 bits per heavy atom. The van der Waals surface area contributed by atoms with Gasteiger partial charge < -0.3 is 14.9 Å². The van der Waals surface area contributed by atoms with Gasteiger partial charge in [-0.3, -0.25) is 0 Å². The van der Waals surface area contributed by atoms with Crippen LogP contribution in [0.4, 0.5) is 0 Å². The second kappa shape index (κ2) is 2.60. The highest BCUT2D eigenvalue weighted by atomic mass is 31.2. The highest BCUT2D eigenvalue weighted by Crippen LogP contribution is 2.42. The van der Waals surface area contributed by atoms with E-state index in [9.17, 15) is 4.57 Å². The van der Waals surface area contributed by atoms with E-state index < -0.39 is 13.9 Å². The molecule has 3 N–H and O–H groups in total. The first-order valence-corrected chi connectivity index (χ1v) is 4.55. The number of hydrogen-bond donors (Lipinski definition) is 3. The van der Waals surface area contributed by atoms with E-state index in [1.807, 2.05) is 0 Å². The van der Waals surface area contributed by atoms with Crippen LogP contribution in [0.1, 0.15) is 6.42 Å². The molecule has 1 aliphatic rings. The van der Waals surface area contributed by atoms with Crippen LogP contribution in [-0.4, -0.2) is 38.8 Å². The summed E-state index contributed by atoms with van der Waals surface area (Å²) in [6, 6.07) is 0. The molecule has 1 aliphatic heterocycles. The lowest BCUT2D eigenvalue weighted by molar-refractivity contribution is 0.183. The molecule has 1 unspecified atom stereocenters. The summed E-state index contributed by atoms with van der Waals surface area (Å²) < 4.78 is 11.5. The van der Waals surface area contributed by atoms with Crippen LogP contribution >= 0.6 is 7.75 Å². The average molecular weight is 167 g/mol. The third-order valence-corrected chi connectivity index (χ3v) is 2.61. The number of β-amino-alcohol motifs (C(OH)–C–C–N with tert-alkyl or cyclic N) is 1. The molecule has 1 heterocycles. The Balaban J connectivity index is 2.53. The van der Waals surface area contributed by atoms with Crippen molar-refractivity contribution in [3.63, 3.8) is 0 Å². The van der Waals surface area contributed by atoms with Crippen LogP contribution in [0.2, 0.25) is 0 Å². The third-order valence-electron chi connectivity index (χ3n) is 1.51. The number of rotatable bonds is 1. The van der Waals surface area contributed by atoms with E-state index in [-0.39, 0.29) is 13.1 Å². The number of aliphatic hydroxyl groups excluding tert-OH is 1. The molecule has 0 aromatic rings. The van der Waals surface area contributed by atoms with E-state index in [0.717, 1.165) is 4.67 Å². The Hall–Kier alpha value is 0.0700. The first-order valence-electron chi connectivity index (χ1n) is 2.99. The van der Waals surface area contributed by atoms with Gasteiger partial charge in [-0.05, 0) is 6.42 Å². The summed E-state index contributed by atoms with van der Waals surface area (Å²) in [4.78, 5) is 17.1. The zero-order chi connectivity index (χ0) is 7.78. The van der Waals surface area contributed by atoms with Crippen molar-refractivity contribution >= 4 is 7.75 Å². The van der Waals surface area contributed by atoms with Gasteiger partial charge in [0, 0.05) is 13.1 Å². The average Bonchev–Trinajstić information content (AvgIpc) is 2.11. The molecule has 0 aromatic heterocycles. The summed E-state index contributed by atoms with van der Waals surface area (Å²) in [7, 11) is -4.08. The monoisotopic (exact) mass is 167 g/mol. The van der Waals surface area contributed by atoms with Gasteiger partial charge in [0.15, 0.2) is 0 Å². The molecule has 5 nitrogen and oxygen atoms in total. The molecule has 0 radical (unpaired) electrons. The zero-order valence-corrected chi connectivity index (χ0v) is 6.24. The minimum atomic E-state index is -4.08. The molecule has 1 fully saturated rings. The van der Waals surface area contributed by atoms with Gasteiger partial charge in [-0.2, -0.15) is 0 Å². The highest BCUT2D eigenvalue weighted by molar-refractivity contribution is 7.49. The van der Waals surface area contributed by atoms with E-state index in [1.165, 1.54) is 0 Å². The maximum atomic E-state index is 10.5. The fourth-order valence-corrected chi connectivity index (χ4v) is 1.74. The molecular weight excluding hydrogens is 157 g/mol. The van der Waals surface area contributed by atoms with E-state index in [1.54, 1.807) is 0 Å². The van der Waals surface area contributed by atoms with Crippen molar-refractivity contribution in [1.82, 2.24) is 4.67 Å². The van der Waals surface area contributed by atoms with Crippen molar-refractivity contribution in [3.8, 4) is 0 Å². The topological polar surface area (TPSA) is 81.0 Å². The van der Waals surface area contributed by atoms with Crippen molar-refractivity contribution in [1.29, 1.82) is 0 Å². The van der Waals surface area contributed by atoms with Crippen molar-refractivity contribution in [2.45, 2.75) is 12.5 Å². The molecule has 1 rings (SSSR count). The Labute approximate surface area is 58.5 Å². The van der Waals surface area contributed by atoms with Crippen LogP contribution in [0.5, 0.6) is 0 Å². The maximum Gasteiger partial charge on any atom is 0.403 e. The fraction of sp³-hybridized carbons (Fsp3) is 1.00. The van der Waals surface area contributed by atoms with Gasteiger partial charge >= 0.3 is 7.75 Å². The number of aliphatic hydroxyl groups is 1. The Morgan fingerprint density at radius 1 is 1.50 bits per heavy atom. The molecule has 6 heteroatoms. The third kappa shape index (κ3) is 1.78. The molecule has 1 saturated heterocycles. The van der Waals surface area contributed by atoms with Crippen LogP contribution in [0.15, 0.2) is 0 Å². The lowest BCUT2D eigenvalue weighted by atomic mass is 10.3.